The highest BCUT2D eigenvalue weighted by molar-refractivity contribution is 7.92. The van der Waals surface area contributed by atoms with Gasteiger partial charge in [0.2, 0.25) is 5.89 Å². The van der Waals surface area contributed by atoms with Gasteiger partial charge in [-0.1, -0.05) is 31.1 Å². The normalized spacial score (nSPS) is 11.6. The number of hydrogen-bond donors (Lipinski definition) is 1. The molecule has 0 fully saturated rings. The Hall–Kier alpha value is -2.87. The summed E-state index contributed by atoms with van der Waals surface area (Å²) in [5.41, 5.74) is 2.19. The maximum absolute atomic E-state index is 12.6. The number of methoxy groups -OCH3 is 1. The first-order chi connectivity index (χ1) is 13.3. The fourth-order valence-electron chi connectivity index (χ4n) is 2.68. The number of ether oxygens (including phenoxy) is 1. The van der Waals surface area contributed by atoms with Crippen LogP contribution in [0.25, 0.3) is 0 Å². The molecule has 0 aliphatic rings. The van der Waals surface area contributed by atoms with Crippen molar-refractivity contribution in [1.82, 2.24) is 10.1 Å². The lowest BCUT2D eigenvalue weighted by Gasteiger charge is -2.11. The fourth-order valence-corrected chi connectivity index (χ4v) is 3.82. The summed E-state index contributed by atoms with van der Waals surface area (Å²) in [6, 6.07) is 11.8. The zero-order valence-corrected chi connectivity index (χ0v) is 17.1. The molecule has 1 aromatic heterocycles. The molecule has 148 valence electrons. The van der Waals surface area contributed by atoms with E-state index in [1.54, 1.807) is 38.3 Å². The molecule has 0 bridgehead atoms. The van der Waals surface area contributed by atoms with E-state index < -0.39 is 10.0 Å². The number of sulfonamides is 1. The molecule has 0 saturated carbocycles. The van der Waals surface area contributed by atoms with Crippen molar-refractivity contribution >= 4 is 15.7 Å². The summed E-state index contributed by atoms with van der Waals surface area (Å²) in [4.78, 5) is 4.53. The average Bonchev–Trinajstić information content (AvgIpc) is 3.12. The van der Waals surface area contributed by atoms with Crippen molar-refractivity contribution in [2.45, 2.75) is 38.0 Å². The van der Waals surface area contributed by atoms with E-state index in [1.165, 1.54) is 6.07 Å². The predicted molar refractivity (Wildman–Crippen MR) is 106 cm³/mol. The van der Waals surface area contributed by atoms with Crippen LogP contribution in [0.1, 0.15) is 42.6 Å². The van der Waals surface area contributed by atoms with E-state index in [4.69, 9.17) is 9.26 Å². The van der Waals surface area contributed by atoms with E-state index in [9.17, 15) is 8.42 Å². The molecule has 0 aliphatic heterocycles. The number of hydrogen-bond acceptors (Lipinski definition) is 6. The third-order valence-corrected chi connectivity index (χ3v) is 5.60. The minimum atomic E-state index is -3.68. The lowest BCUT2D eigenvalue weighted by atomic mass is 10.1. The van der Waals surface area contributed by atoms with Gasteiger partial charge in [-0.25, -0.2) is 8.42 Å². The second kappa shape index (κ2) is 8.02. The summed E-state index contributed by atoms with van der Waals surface area (Å²) in [5.74, 6) is 2.03. The molecule has 7 nitrogen and oxygen atoms in total. The molecule has 8 heteroatoms. The number of benzene rings is 2. The maximum Gasteiger partial charge on any atom is 0.261 e. The zero-order chi connectivity index (χ0) is 20.3. The van der Waals surface area contributed by atoms with E-state index in [-0.39, 0.29) is 10.8 Å². The summed E-state index contributed by atoms with van der Waals surface area (Å²) in [6.07, 6.45) is 0.515. The first-order valence-corrected chi connectivity index (χ1v) is 10.4. The molecule has 0 atom stereocenters. The molecule has 0 amide bonds. The first kappa shape index (κ1) is 19.9. The molecule has 0 radical (unpaired) electrons. The molecule has 0 unspecified atom stereocenters. The minimum Gasteiger partial charge on any atom is -0.496 e. The van der Waals surface area contributed by atoms with Crippen molar-refractivity contribution in [3.63, 3.8) is 0 Å². The van der Waals surface area contributed by atoms with E-state index in [0.29, 0.717) is 29.6 Å². The quantitative estimate of drug-likeness (QED) is 0.645. The van der Waals surface area contributed by atoms with Crippen LogP contribution in [0, 0.1) is 6.92 Å². The number of aryl methyl sites for hydroxylation is 1. The van der Waals surface area contributed by atoms with Crippen LogP contribution in [-0.4, -0.2) is 25.7 Å². The smallest absolute Gasteiger partial charge is 0.261 e. The van der Waals surface area contributed by atoms with E-state index in [1.807, 2.05) is 26.0 Å². The standard InChI is InChI=1S/C20H23N3O4S/c1-13(2)20-21-19(22-27-20)12-15-5-7-16(8-6-15)23-28(24,25)17-9-10-18(26-4)14(3)11-17/h5-11,13,23H,12H2,1-4H3. The summed E-state index contributed by atoms with van der Waals surface area (Å²) in [7, 11) is -2.13. The van der Waals surface area contributed by atoms with E-state index in [0.717, 1.165) is 11.1 Å². The van der Waals surface area contributed by atoms with Gasteiger partial charge < -0.3 is 9.26 Å². The Morgan fingerprint density at radius 1 is 1.14 bits per heavy atom. The topological polar surface area (TPSA) is 94.3 Å². The summed E-state index contributed by atoms with van der Waals surface area (Å²) < 4.78 is 38.2. The van der Waals surface area contributed by atoms with Crippen LogP contribution in [0.4, 0.5) is 5.69 Å². The third-order valence-electron chi connectivity index (χ3n) is 4.22. The highest BCUT2D eigenvalue weighted by Gasteiger charge is 2.16. The van der Waals surface area contributed by atoms with Gasteiger partial charge in [0.25, 0.3) is 10.0 Å². The molecular weight excluding hydrogens is 378 g/mol. The highest BCUT2D eigenvalue weighted by Crippen LogP contribution is 2.23. The number of nitrogens with zero attached hydrogens (tertiary/aromatic N) is 2. The molecule has 0 saturated heterocycles. The van der Waals surface area contributed by atoms with Crippen molar-refractivity contribution in [3.8, 4) is 5.75 Å². The monoisotopic (exact) mass is 401 g/mol. The maximum atomic E-state index is 12.6. The van der Waals surface area contributed by atoms with E-state index >= 15 is 0 Å². The summed E-state index contributed by atoms with van der Waals surface area (Å²) >= 11 is 0. The molecule has 3 rings (SSSR count). The Balaban J connectivity index is 1.71. The van der Waals surface area contributed by atoms with Crippen molar-refractivity contribution in [3.05, 3.63) is 65.3 Å². The third kappa shape index (κ3) is 4.51. The Morgan fingerprint density at radius 3 is 2.43 bits per heavy atom. The second-order valence-electron chi connectivity index (χ2n) is 6.81. The molecular formula is C20H23N3O4S. The molecule has 3 aromatic rings. The Morgan fingerprint density at radius 2 is 1.86 bits per heavy atom. The van der Waals surface area contributed by atoms with Crippen LogP contribution in [0.15, 0.2) is 51.9 Å². The minimum absolute atomic E-state index is 0.180. The zero-order valence-electron chi connectivity index (χ0n) is 16.3. The van der Waals surface area contributed by atoms with Crippen LogP contribution in [0.5, 0.6) is 5.75 Å². The average molecular weight is 401 g/mol. The SMILES string of the molecule is COc1ccc(S(=O)(=O)Nc2ccc(Cc3noc(C(C)C)n3)cc2)cc1C. The largest absolute Gasteiger partial charge is 0.496 e. The van der Waals surface area contributed by atoms with Gasteiger partial charge in [0.15, 0.2) is 5.82 Å². The number of rotatable bonds is 7. The summed E-state index contributed by atoms with van der Waals surface area (Å²) in [6.45, 7) is 5.78. The van der Waals surface area contributed by atoms with Crippen molar-refractivity contribution in [1.29, 1.82) is 0 Å². The van der Waals surface area contributed by atoms with Gasteiger partial charge in [0, 0.05) is 18.0 Å². The van der Waals surface area contributed by atoms with Crippen LogP contribution in [0.2, 0.25) is 0 Å². The lowest BCUT2D eigenvalue weighted by molar-refractivity contribution is 0.361. The van der Waals surface area contributed by atoms with Crippen LogP contribution in [-0.2, 0) is 16.4 Å². The van der Waals surface area contributed by atoms with Crippen molar-refractivity contribution in [2.24, 2.45) is 0 Å². The number of anilines is 1. The Kier molecular flexibility index (Phi) is 5.69. The number of nitrogens with one attached hydrogen (secondary N) is 1. The first-order valence-electron chi connectivity index (χ1n) is 8.87. The van der Waals surface area contributed by atoms with Crippen LogP contribution < -0.4 is 9.46 Å². The summed E-state index contributed by atoms with van der Waals surface area (Å²) in [5, 5.41) is 3.97. The van der Waals surface area contributed by atoms with Gasteiger partial charge in [-0.3, -0.25) is 4.72 Å². The van der Waals surface area contributed by atoms with Gasteiger partial charge in [-0.15, -0.1) is 0 Å². The highest BCUT2D eigenvalue weighted by atomic mass is 32.2. The van der Waals surface area contributed by atoms with Crippen LogP contribution in [0.3, 0.4) is 0 Å². The fraction of sp³-hybridized carbons (Fsp3) is 0.300. The predicted octanol–water partition coefficient (Wildman–Crippen LogP) is 3.90. The molecule has 1 heterocycles. The van der Waals surface area contributed by atoms with E-state index in [2.05, 4.69) is 14.9 Å². The molecule has 2 aromatic carbocycles. The Bertz CT molecular complexity index is 1060. The molecule has 0 spiro atoms. The van der Waals surface area contributed by atoms with Gasteiger partial charge >= 0.3 is 0 Å². The van der Waals surface area contributed by atoms with Crippen molar-refractivity contribution < 1.29 is 17.7 Å². The second-order valence-corrected chi connectivity index (χ2v) is 8.50. The van der Waals surface area contributed by atoms with Gasteiger partial charge in [0.05, 0.1) is 12.0 Å². The molecule has 28 heavy (non-hydrogen) atoms. The molecule has 0 aliphatic carbocycles. The van der Waals surface area contributed by atoms with Gasteiger partial charge in [-0.2, -0.15) is 4.98 Å². The Labute approximate surface area is 164 Å². The van der Waals surface area contributed by atoms with Crippen LogP contribution >= 0.6 is 0 Å². The van der Waals surface area contributed by atoms with Crippen molar-refractivity contribution in [2.75, 3.05) is 11.8 Å². The van der Waals surface area contributed by atoms with Gasteiger partial charge in [0.1, 0.15) is 5.75 Å². The molecule has 1 N–H and O–H groups in total. The number of aromatic nitrogens is 2. The lowest BCUT2D eigenvalue weighted by Crippen LogP contribution is -2.13. The van der Waals surface area contributed by atoms with Gasteiger partial charge in [-0.05, 0) is 48.4 Å².